The van der Waals surface area contributed by atoms with Gasteiger partial charge in [-0.15, -0.1) is 0 Å². The minimum atomic E-state index is -0.0344. The lowest BCUT2D eigenvalue weighted by atomic mass is 10.1. The van der Waals surface area contributed by atoms with Gasteiger partial charge in [-0.05, 0) is 31.5 Å². The Morgan fingerprint density at radius 2 is 1.63 bits per heavy atom. The zero-order chi connectivity index (χ0) is 14.0. The van der Waals surface area contributed by atoms with Crippen LogP contribution in [0.3, 0.4) is 0 Å². The normalized spacial score (nSPS) is 10.3. The molecule has 100 valence electrons. The highest BCUT2D eigenvalue weighted by Gasteiger charge is 2.11. The summed E-state index contributed by atoms with van der Waals surface area (Å²) in [5.41, 5.74) is 3.29. The van der Waals surface area contributed by atoms with Crippen LogP contribution >= 0.6 is 0 Å². The topological polar surface area (TPSA) is 51.3 Å². The zero-order valence-corrected chi connectivity index (χ0v) is 11.5. The van der Waals surface area contributed by atoms with Gasteiger partial charge in [-0.2, -0.15) is 0 Å². The van der Waals surface area contributed by atoms with Gasteiger partial charge in [0.25, 0.3) is 0 Å². The molecule has 0 radical (unpaired) electrons. The Balaban J connectivity index is 2.69. The fourth-order valence-electron chi connectivity index (χ4n) is 2.09. The van der Waals surface area contributed by atoms with E-state index in [9.17, 15) is 4.79 Å². The first-order valence-corrected chi connectivity index (χ1v) is 5.99. The quantitative estimate of drug-likeness (QED) is 0.922. The van der Waals surface area contributed by atoms with Crippen molar-refractivity contribution in [2.75, 3.05) is 14.2 Å². The average molecular weight is 259 g/mol. The predicted molar refractivity (Wildman–Crippen MR) is 75.1 cm³/mol. The van der Waals surface area contributed by atoms with Gasteiger partial charge in [0.1, 0.15) is 11.5 Å². The van der Waals surface area contributed by atoms with E-state index in [0.29, 0.717) is 5.75 Å². The van der Waals surface area contributed by atoms with Crippen molar-refractivity contribution in [2.24, 2.45) is 0 Å². The van der Waals surface area contributed by atoms with Crippen molar-refractivity contribution in [3.05, 3.63) is 45.7 Å². The Hall–Kier alpha value is -2.23. The third-order valence-electron chi connectivity index (χ3n) is 2.98. The summed E-state index contributed by atoms with van der Waals surface area (Å²) in [6.45, 7) is 3.80. The third-order valence-corrected chi connectivity index (χ3v) is 2.98. The van der Waals surface area contributed by atoms with E-state index >= 15 is 0 Å². The maximum atomic E-state index is 11.6. The zero-order valence-electron chi connectivity index (χ0n) is 11.5. The highest BCUT2D eigenvalue weighted by molar-refractivity contribution is 5.70. The molecule has 1 heterocycles. The number of hydrogen-bond acceptors (Lipinski definition) is 3. The number of aromatic amines is 1. The molecule has 0 fully saturated rings. The van der Waals surface area contributed by atoms with Crippen molar-refractivity contribution in [2.45, 2.75) is 13.8 Å². The predicted octanol–water partition coefficient (Wildman–Crippen LogP) is 2.68. The number of methoxy groups -OCH3 is 2. The van der Waals surface area contributed by atoms with Gasteiger partial charge in [0.15, 0.2) is 5.43 Å². The monoisotopic (exact) mass is 259 g/mol. The number of hydrogen-bond donors (Lipinski definition) is 1. The first-order valence-electron chi connectivity index (χ1n) is 5.99. The van der Waals surface area contributed by atoms with Crippen LogP contribution in [0.4, 0.5) is 0 Å². The smallest absolute Gasteiger partial charge is 0.182 e. The Bertz CT molecular complexity index is 659. The maximum absolute atomic E-state index is 11.6. The van der Waals surface area contributed by atoms with Gasteiger partial charge in [0, 0.05) is 23.4 Å². The molecule has 0 saturated carbocycles. The summed E-state index contributed by atoms with van der Waals surface area (Å²) in [4.78, 5) is 14.8. The second-order valence-electron chi connectivity index (χ2n) is 4.43. The van der Waals surface area contributed by atoms with Crippen molar-refractivity contribution in [1.82, 2.24) is 4.98 Å². The second kappa shape index (κ2) is 5.18. The second-order valence-corrected chi connectivity index (χ2v) is 4.43. The molecule has 19 heavy (non-hydrogen) atoms. The lowest BCUT2D eigenvalue weighted by molar-refractivity contribution is 0.401. The van der Waals surface area contributed by atoms with Gasteiger partial charge in [-0.1, -0.05) is 0 Å². The number of benzene rings is 1. The van der Waals surface area contributed by atoms with Gasteiger partial charge < -0.3 is 14.5 Å². The van der Waals surface area contributed by atoms with E-state index in [4.69, 9.17) is 9.47 Å². The maximum Gasteiger partial charge on any atom is 0.182 e. The van der Waals surface area contributed by atoms with Crippen LogP contribution in [0.5, 0.6) is 11.5 Å². The van der Waals surface area contributed by atoms with E-state index in [-0.39, 0.29) is 5.43 Å². The van der Waals surface area contributed by atoms with E-state index in [1.54, 1.807) is 26.4 Å². The number of pyridine rings is 1. The van der Waals surface area contributed by atoms with E-state index < -0.39 is 0 Å². The number of H-pyrrole nitrogens is 1. The number of nitrogens with one attached hydrogen (secondary N) is 1. The van der Waals surface area contributed by atoms with Gasteiger partial charge in [0.2, 0.25) is 0 Å². The molecule has 0 aliphatic rings. The van der Waals surface area contributed by atoms with E-state index in [1.165, 1.54) is 0 Å². The molecule has 4 heteroatoms. The standard InChI is InChI=1S/C15H17NO3/c1-9-5-15(19-4)12(8-14(9)18-3)13-7-11(17)6-10(2)16-13/h5-8H,1-4H3,(H,16,17). The number of aryl methyl sites for hydroxylation is 2. The molecule has 0 amide bonds. The molecular formula is C15H17NO3. The van der Waals surface area contributed by atoms with Gasteiger partial charge >= 0.3 is 0 Å². The van der Waals surface area contributed by atoms with Crippen LogP contribution in [0.15, 0.2) is 29.1 Å². The van der Waals surface area contributed by atoms with E-state index in [0.717, 1.165) is 28.3 Å². The number of rotatable bonds is 3. The van der Waals surface area contributed by atoms with Crippen LogP contribution in [0, 0.1) is 13.8 Å². The summed E-state index contributed by atoms with van der Waals surface area (Å²) >= 11 is 0. The molecule has 0 spiro atoms. The van der Waals surface area contributed by atoms with Crippen LogP contribution in [0.1, 0.15) is 11.3 Å². The lowest BCUT2D eigenvalue weighted by Crippen LogP contribution is -2.03. The molecule has 1 aromatic heterocycles. The highest BCUT2D eigenvalue weighted by Crippen LogP contribution is 2.34. The minimum absolute atomic E-state index is 0.0344. The summed E-state index contributed by atoms with van der Waals surface area (Å²) in [6, 6.07) is 6.88. The average Bonchev–Trinajstić information content (AvgIpc) is 2.37. The fraction of sp³-hybridized carbons (Fsp3) is 0.267. The van der Waals surface area contributed by atoms with Crippen molar-refractivity contribution in [3.8, 4) is 22.8 Å². The van der Waals surface area contributed by atoms with Crippen molar-refractivity contribution in [1.29, 1.82) is 0 Å². The lowest BCUT2D eigenvalue weighted by Gasteiger charge is -2.13. The van der Waals surface area contributed by atoms with Gasteiger partial charge in [-0.3, -0.25) is 4.79 Å². The third kappa shape index (κ3) is 2.62. The minimum Gasteiger partial charge on any atom is -0.496 e. The van der Waals surface area contributed by atoms with Crippen LogP contribution in [-0.4, -0.2) is 19.2 Å². The molecule has 0 atom stereocenters. The van der Waals surface area contributed by atoms with Crippen molar-refractivity contribution in [3.63, 3.8) is 0 Å². The number of ether oxygens (including phenoxy) is 2. The Morgan fingerprint density at radius 3 is 2.21 bits per heavy atom. The summed E-state index contributed by atoms with van der Waals surface area (Å²) in [5, 5.41) is 0. The molecule has 4 nitrogen and oxygen atoms in total. The number of aromatic nitrogens is 1. The Kier molecular flexibility index (Phi) is 3.60. The molecule has 2 aromatic rings. The first kappa shape index (κ1) is 13.2. The van der Waals surface area contributed by atoms with Crippen molar-refractivity contribution >= 4 is 0 Å². The summed E-state index contributed by atoms with van der Waals surface area (Å²) in [6.07, 6.45) is 0. The summed E-state index contributed by atoms with van der Waals surface area (Å²) in [7, 11) is 3.23. The van der Waals surface area contributed by atoms with Crippen LogP contribution in [-0.2, 0) is 0 Å². The molecule has 0 aliphatic heterocycles. The highest BCUT2D eigenvalue weighted by atomic mass is 16.5. The first-order chi connectivity index (χ1) is 9.05. The molecule has 1 N–H and O–H groups in total. The molecule has 0 bridgehead atoms. The molecule has 2 rings (SSSR count). The van der Waals surface area contributed by atoms with Crippen LogP contribution in [0.2, 0.25) is 0 Å². The molecule has 0 saturated heterocycles. The van der Waals surface area contributed by atoms with Gasteiger partial charge in [-0.25, -0.2) is 0 Å². The molecular weight excluding hydrogens is 242 g/mol. The van der Waals surface area contributed by atoms with E-state index in [2.05, 4.69) is 4.98 Å². The summed E-state index contributed by atoms with van der Waals surface area (Å²) < 4.78 is 10.7. The molecule has 0 unspecified atom stereocenters. The molecule has 1 aromatic carbocycles. The van der Waals surface area contributed by atoms with Gasteiger partial charge in [0.05, 0.1) is 19.9 Å². The van der Waals surface area contributed by atoms with Crippen LogP contribution in [0.25, 0.3) is 11.3 Å². The van der Waals surface area contributed by atoms with Crippen LogP contribution < -0.4 is 14.9 Å². The molecule has 0 aliphatic carbocycles. The summed E-state index contributed by atoms with van der Waals surface area (Å²) in [5.74, 6) is 1.47. The van der Waals surface area contributed by atoms with Crippen molar-refractivity contribution < 1.29 is 9.47 Å². The largest absolute Gasteiger partial charge is 0.496 e. The SMILES string of the molecule is COc1cc(-c2cc(=O)cc(C)[nH]2)c(OC)cc1C. The van der Waals surface area contributed by atoms with E-state index in [1.807, 2.05) is 26.0 Å². The Labute approximate surface area is 112 Å². The fourth-order valence-corrected chi connectivity index (χ4v) is 2.09. The Morgan fingerprint density at radius 1 is 0.947 bits per heavy atom.